The molecule has 1 aliphatic rings. The molecule has 1 saturated carbocycles. The molecule has 8 nitrogen and oxygen atoms in total. The van der Waals surface area contributed by atoms with Crippen LogP contribution >= 0.6 is 0 Å². The SMILES string of the molecule is N[C@H]1CC[C@@H](Nc2ncc3c(-c4cnc5nccnc5c4)ccn3n2)CC1. The molecule has 0 atom stereocenters. The van der Waals surface area contributed by atoms with Crippen molar-refractivity contribution in [3.05, 3.63) is 43.1 Å². The molecule has 0 unspecified atom stereocenters. The third-order valence-electron chi connectivity index (χ3n) is 5.16. The van der Waals surface area contributed by atoms with Gasteiger partial charge < -0.3 is 11.1 Å². The van der Waals surface area contributed by atoms with Gasteiger partial charge in [0.15, 0.2) is 5.65 Å². The molecule has 1 fully saturated rings. The molecular weight excluding hydrogens is 340 g/mol. The second-order valence-corrected chi connectivity index (χ2v) is 7.02. The van der Waals surface area contributed by atoms with Crippen molar-refractivity contribution >= 4 is 22.6 Å². The summed E-state index contributed by atoms with van der Waals surface area (Å²) in [6.07, 6.45) is 13.1. The van der Waals surface area contributed by atoms with Crippen molar-refractivity contribution in [2.75, 3.05) is 5.32 Å². The topological polar surface area (TPSA) is 107 Å². The van der Waals surface area contributed by atoms with E-state index >= 15 is 0 Å². The van der Waals surface area contributed by atoms with Gasteiger partial charge in [-0.2, -0.15) is 0 Å². The lowest BCUT2D eigenvalue weighted by molar-refractivity contribution is 0.409. The van der Waals surface area contributed by atoms with Crippen molar-refractivity contribution < 1.29 is 0 Å². The van der Waals surface area contributed by atoms with Crippen molar-refractivity contribution in [2.24, 2.45) is 5.73 Å². The van der Waals surface area contributed by atoms with Crippen LogP contribution in [0.3, 0.4) is 0 Å². The summed E-state index contributed by atoms with van der Waals surface area (Å²) in [6, 6.07) is 4.73. The van der Waals surface area contributed by atoms with E-state index < -0.39 is 0 Å². The first-order chi connectivity index (χ1) is 13.3. The van der Waals surface area contributed by atoms with Crippen molar-refractivity contribution in [1.82, 2.24) is 29.5 Å². The maximum atomic E-state index is 5.98. The second-order valence-electron chi connectivity index (χ2n) is 7.02. The monoisotopic (exact) mass is 360 g/mol. The maximum Gasteiger partial charge on any atom is 0.241 e. The van der Waals surface area contributed by atoms with E-state index in [2.05, 4.69) is 30.4 Å². The number of nitrogens with two attached hydrogens (primary N) is 1. The summed E-state index contributed by atoms with van der Waals surface area (Å²) in [5.41, 5.74) is 10.3. The molecule has 0 aromatic carbocycles. The van der Waals surface area contributed by atoms with E-state index in [1.54, 1.807) is 12.4 Å². The average molecular weight is 360 g/mol. The van der Waals surface area contributed by atoms with Gasteiger partial charge in [0.2, 0.25) is 5.95 Å². The van der Waals surface area contributed by atoms with Gasteiger partial charge in [-0.05, 0) is 37.8 Å². The Morgan fingerprint density at radius 1 is 1.00 bits per heavy atom. The Bertz CT molecular complexity index is 1100. The molecule has 0 radical (unpaired) electrons. The van der Waals surface area contributed by atoms with Gasteiger partial charge in [-0.3, -0.25) is 4.98 Å². The van der Waals surface area contributed by atoms with Crippen LogP contribution in [0.1, 0.15) is 25.7 Å². The number of rotatable bonds is 3. The van der Waals surface area contributed by atoms with Crippen LogP contribution in [0.2, 0.25) is 0 Å². The Kier molecular flexibility index (Phi) is 3.90. The molecule has 8 heteroatoms. The first kappa shape index (κ1) is 16.1. The predicted molar refractivity (Wildman–Crippen MR) is 103 cm³/mol. The van der Waals surface area contributed by atoms with E-state index in [0.29, 0.717) is 23.7 Å². The highest BCUT2D eigenvalue weighted by atomic mass is 15.3. The third kappa shape index (κ3) is 3.08. The van der Waals surface area contributed by atoms with Gasteiger partial charge in [-0.25, -0.2) is 19.5 Å². The molecule has 0 bridgehead atoms. The molecule has 4 aromatic rings. The number of hydrogen-bond acceptors (Lipinski definition) is 7. The number of fused-ring (bicyclic) bond motifs is 2. The smallest absolute Gasteiger partial charge is 0.241 e. The molecule has 3 N–H and O–H groups in total. The molecule has 0 spiro atoms. The molecule has 0 aliphatic heterocycles. The summed E-state index contributed by atoms with van der Waals surface area (Å²) in [6.45, 7) is 0. The summed E-state index contributed by atoms with van der Waals surface area (Å²) in [7, 11) is 0. The first-order valence-electron chi connectivity index (χ1n) is 9.20. The predicted octanol–water partition coefficient (Wildman–Crippen LogP) is 2.42. The molecule has 4 aromatic heterocycles. The van der Waals surface area contributed by atoms with Gasteiger partial charge in [-0.15, -0.1) is 5.10 Å². The van der Waals surface area contributed by atoms with Crippen LogP contribution in [0.4, 0.5) is 5.95 Å². The van der Waals surface area contributed by atoms with Gasteiger partial charge in [0, 0.05) is 48.0 Å². The van der Waals surface area contributed by atoms with E-state index in [0.717, 1.165) is 47.8 Å². The highest BCUT2D eigenvalue weighted by Gasteiger charge is 2.19. The summed E-state index contributed by atoms with van der Waals surface area (Å²) in [5, 5.41) is 8.05. The quantitative estimate of drug-likeness (QED) is 0.578. The van der Waals surface area contributed by atoms with Crippen molar-refractivity contribution in [3.8, 4) is 11.1 Å². The fourth-order valence-corrected chi connectivity index (χ4v) is 3.66. The van der Waals surface area contributed by atoms with Gasteiger partial charge in [0.05, 0.1) is 11.7 Å². The summed E-state index contributed by atoms with van der Waals surface area (Å²) in [4.78, 5) is 17.5. The standard InChI is InChI=1S/C19H20N8/c20-13-1-3-14(4-2-13)25-19-24-11-17-15(5-8-27(17)26-19)12-9-16-18(23-10-12)22-7-6-21-16/h5-11,13-14H,1-4,20H2,(H,25,26)/t13-,14+. The van der Waals surface area contributed by atoms with Crippen molar-refractivity contribution in [3.63, 3.8) is 0 Å². The van der Waals surface area contributed by atoms with Crippen molar-refractivity contribution in [1.29, 1.82) is 0 Å². The van der Waals surface area contributed by atoms with E-state index in [-0.39, 0.29) is 0 Å². The first-order valence-corrected chi connectivity index (χ1v) is 9.20. The minimum Gasteiger partial charge on any atom is -0.350 e. The van der Waals surface area contributed by atoms with Crippen LogP contribution in [0.25, 0.3) is 27.8 Å². The lowest BCUT2D eigenvalue weighted by Crippen LogP contribution is -2.33. The molecule has 5 rings (SSSR count). The van der Waals surface area contributed by atoms with Gasteiger partial charge >= 0.3 is 0 Å². The van der Waals surface area contributed by atoms with Gasteiger partial charge in [0.25, 0.3) is 0 Å². The number of aromatic nitrogens is 6. The third-order valence-corrected chi connectivity index (χ3v) is 5.16. The van der Waals surface area contributed by atoms with Crippen LogP contribution in [0.5, 0.6) is 0 Å². The number of hydrogen-bond donors (Lipinski definition) is 2. The van der Waals surface area contributed by atoms with E-state index in [1.165, 1.54) is 0 Å². The van der Waals surface area contributed by atoms with Crippen LogP contribution in [-0.4, -0.2) is 41.6 Å². The number of pyridine rings is 1. The van der Waals surface area contributed by atoms with Crippen LogP contribution in [0.15, 0.2) is 43.1 Å². The van der Waals surface area contributed by atoms with E-state index in [1.807, 2.05) is 35.2 Å². The van der Waals surface area contributed by atoms with E-state index in [4.69, 9.17) is 5.73 Å². The highest BCUT2D eigenvalue weighted by Crippen LogP contribution is 2.26. The minimum atomic E-state index is 0.332. The van der Waals surface area contributed by atoms with Crippen LogP contribution in [0, 0.1) is 0 Å². The van der Waals surface area contributed by atoms with Crippen LogP contribution in [-0.2, 0) is 0 Å². The number of nitrogens with one attached hydrogen (secondary N) is 1. The zero-order valence-corrected chi connectivity index (χ0v) is 14.8. The second kappa shape index (κ2) is 6.55. The molecule has 136 valence electrons. The molecule has 1 aliphatic carbocycles. The largest absolute Gasteiger partial charge is 0.350 e. The Labute approximate surface area is 155 Å². The minimum absolute atomic E-state index is 0.332. The Morgan fingerprint density at radius 3 is 2.74 bits per heavy atom. The molecule has 4 heterocycles. The van der Waals surface area contributed by atoms with Gasteiger partial charge in [0.1, 0.15) is 5.52 Å². The fraction of sp³-hybridized carbons (Fsp3) is 0.316. The zero-order chi connectivity index (χ0) is 18.2. The normalized spacial score (nSPS) is 20.2. The summed E-state index contributed by atoms with van der Waals surface area (Å²) >= 11 is 0. The molecular formula is C19H20N8. The molecule has 27 heavy (non-hydrogen) atoms. The molecule has 0 saturated heterocycles. The fourth-order valence-electron chi connectivity index (χ4n) is 3.66. The zero-order valence-electron chi connectivity index (χ0n) is 14.8. The lowest BCUT2D eigenvalue weighted by atomic mass is 9.92. The maximum absolute atomic E-state index is 5.98. The summed E-state index contributed by atoms with van der Waals surface area (Å²) < 4.78 is 1.85. The highest BCUT2D eigenvalue weighted by molar-refractivity contribution is 5.84. The number of anilines is 1. The van der Waals surface area contributed by atoms with E-state index in [9.17, 15) is 0 Å². The van der Waals surface area contributed by atoms with Crippen molar-refractivity contribution in [2.45, 2.75) is 37.8 Å². The Hall–Kier alpha value is -3.13. The summed E-state index contributed by atoms with van der Waals surface area (Å²) in [5.74, 6) is 0.646. The Morgan fingerprint density at radius 2 is 1.85 bits per heavy atom. The van der Waals surface area contributed by atoms with Crippen LogP contribution < -0.4 is 11.1 Å². The van der Waals surface area contributed by atoms with Gasteiger partial charge in [-0.1, -0.05) is 0 Å². The number of nitrogens with zero attached hydrogens (tertiary/aromatic N) is 6. The lowest BCUT2D eigenvalue weighted by Gasteiger charge is -2.26. The average Bonchev–Trinajstić information content (AvgIpc) is 3.12. The molecule has 0 amide bonds. The Balaban J connectivity index is 1.44.